The van der Waals surface area contributed by atoms with Gasteiger partial charge in [0.2, 0.25) is 6.04 Å². The van der Waals surface area contributed by atoms with Crippen molar-refractivity contribution in [3.63, 3.8) is 0 Å². The lowest BCUT2D eigenvalue weighted by Crippen LogP contribution is -2.24. The first kappa shape index (κ1) is 21.7. The summed E-state index contributed by atoms with van der Waals surface area (Å²) < 4.78 is 10.7. The molecule has 0 heterocycles. The Hall–Kier alpha value is -2.99. The molecule has 0 amide bonds. The molecule has 0 fully saturated rings. The molecule has 5 nitrogen and oxygen atoms in total. The van der Waals surface area contributed by atoms with E-state index in [9.17, 15) is 10.1 Å². The van der Waals surface area contributed by atoms with E-state index in [2.05, 4.69) is 0 Å². The molecule has 0 aliphatic rings. The Kier molecular flexibility index (Phi) is 7.74. The first-order valence-corrected chi connectivity index (χ1v) is 10.6. The predicted molar refractivity (Wildman–Crippen MR) is 120 cm³/mol. The van der Waals surface area contributed by atoms with Crippen molar-refractivity contribution >= 4 is 11.8 Å². The van der Waals surface area contributed by atoms with E-state index >= 15 is 0 Å². The lowest BCUT2D eigenvalue weighted by atomic mass is 9.98. The van der Waals surface area contributed by atoms with Gasteiger partial charge in [0.15, 0.2) is 11.5 Å². The van der Waals surface area contributed by atoms with Gasteiger partial charge < -0.3 is 9.47 Å². The molecule has 6 heteroatoms. The minimum atomic E-state index is -0.795. The molecule has 0 saturated carbocycles. The van der Waals surface area contributed by atoms with Gasteiger partial charge in [0.25, 0.3) is 0 Å². The molecule has 0 aromatic heterocycles. The Bertz CT molecular complexity index is 950. The standard InChI is InChI=1S/C24H25NO4S/c1-28-21-15-13-18(17-22(21)29-2)14-16-23(30-20-11-7-4-8-12-20)24(25(26)27)19-9-5-3-6-10-19/h3-13,15,17,23-24H,14,16H2,1-2H3. The molecule has 156 valence electrons. The number of nitro groups is 1. The monoisotopic (exact) mass is 423 g/mol. The van der Waals surface area contributed by atoms with Crippen LogP contribution in [-0.4, -0.2) is 24.4 Å². The summed E-state index contributed by atoms with van der Waals surface area (Å²) in [6, 6.07) is 24.1. The minimum absolute atomic E-state index is 0.162. The molecular weight excluding hydrogens is 398 g/mol. The summed E-state index contributed by atoms with van der Waals surface area (Å²) in [5.41, 5.74) is 1.78. The van der Waals surface area contributed by atoms with Crippen molar-refractivity contribution in [2.45, 2.75) is 29.0 Å². The van der Waals surface area contributed by atoms with Crippen molar-refractivity contribution in [2.75, 3.05) is 14.2 Å². The summed E-state index contributed by atoms with van der Waals surface area (Å²) in [7, 11) is 3.21. The summed E-state index contributed by atoms with van der Waals surface area (Å²) in [6.45, 7) is 0. The molecular formula is C24H25NO4S. The zero-order valence-corrected chi connectivity index (χ0v) is 17.9. The first-order valence-electron chi connectivity index (χ1n) is 9.73. The molecule has 0 spiro atoms. The van der Waals surface area contributed by atoms with Crippen molar-refractivity contribution in [1.29, 1.82) is 0 Å². The van der Waals surface area contributed by atoms with Crippen LogP contribution in [0.5, 0.6) is 11.5 Å². The number of methoxy groups -OCH3 is 2. The summed E-state index contributed by atoms with van der Waals surface area (Å²) >= 11 is 1.56. The first-order chi connectivity index (χ1) is 14.6. The molecule has 0 aliphatic heterocycles. The number of thioether (sulfide) groups is 1. The average Bonchev–Trinajstić information content (AvgIpc) is 2.78. The zero-order chi connectivity index (χ0) is 21.3. The average molecular weight is 424 g/mol. The third-order valence-electron chi connectivity index (χ3n) is 4.92. The van der Waals surface area contributed by atoms with E-state index < -0.39 is 6.04 Å². The Morgan fingerprint density at radius 2 is 1.53 bits per heavy atom. The third kappa shape index (κ3) is 5.54. The molecule has 0 aliphatic carbocycles. The topological polar surface area (TPSA) is 61.6 Å². The fourth-order valence-electron chi connectivity index (χ4n) is 3.42. The number of hydrogen-bond acceptors (Lipinski definition) is 5. The zero-order valence-electron chi connectivity index (χ0n) is 17.1. The second-order valence-electron chi connectivity index (χ2n) is 6.84. The molecule has 3 aromatic carbocycles. The van der Waals surface area contributed by atoms with Crippen LogP contribution >= 0.6 is 11.8 Å². The normalized spacial score (nSPS) is 12.7. The van der Waals surface area contributed by atoms with Gasteiger partial charge in [-0.25, -0.2) is 0 Å². The van der Waals surface area contributed by atoms with E-state index in [4.69, 9.17) is 9.47 Å². The van der Waals surface area contributed by atoms with Gasteiger partial charge in [-0.15, -0.1) is 11.8 Å². The second-order valence-corrected chi connectivity index (χ2v) is 8.15. The smallest absolute Gasteiger partial charge is 0.250 e. The van der Waals surface area contributed by atoms with Gasteiger partial charge in [0.05, 0.1) is 19.5 Å². The van der Waals surface area contributed by atoms with Gasteiger partial charge in [-0.1, -0.05) is 54.6 Å². The maximum Gasteiger partial charge on any atom is 0.250 e. The maximum atomic E-state index is 12.1. The van der Waals surface area contributed by atoms with Crippen LogP contribution in [0, 0.1) is 10.1 Å². The van der Waals surface area contributed by atoms with Crippen LogP contribution in [0.25, 0.3) is 0 Å². The molecule has 3 aromatic rings. The SMILES string of the molecule is COc1ccc(CCC(Sc2ccccc2)C(c2ccccc2)[N+](=O)[O-])cc1OC. The highest BCUT2D eigenvalue weighted by Gasteiger charge is 2.33. The maximum absolute atomic E-state index is 12.1. The van der Waals surface area contributed by atoms with Gasteiger partial charge in [-0.3, -0.25) is 10.1 Å². The highest BCUT2D eigenvalue weighted by Crippen LogP contribution is 2.37. The highest BCUT2D eigenvalue weighted by molar-refractivity contribution is 8.00. The largest absolute Gasteiger partial charge is 0.493 e. The van der Waals surface area contributed by atoms with Crippen LogP contribution in [0.15, 0.2) is 83.8 Å². The van der Waals surface area contributed by atoms with Crippen LogP contribution in [0.2, 0.25) is 0 Å². The van der Waals surface area contributed by atoms with Crippen molar-refractivity contribution in [2.24, 2.45) is 0 Å². The highest BCUT2D eigenvalue weighted by atomic mass is 32.2. The molecule has 0 radical (unpaired) electrons. The van der Waals surface area contributed by atoms with Crippen LogP contribution in [0.4, 0.5) is 0 Å². The van der Waals surface area contributed by atoms with Crippen LogP contribution < -0.4 is 9.47 Å². The Morgan fingerprint density at radius 3 is 2.13 bits per heavy atom. The lowest BCUT2D eigenvalue weighted by molar-refractivity contribution is -0.528. The van der Waals surface area contributed by atoms with E-state index in [1.807, 2.05) is 78.9 Å². The van der Waals surface area contributed by atoms with Gasteiger partial charge >= 0.3 is 0 Å². The van der Waals surface area contributed by atoms with Gasteiger partial charge in [0, 0.05) is 15.4 Å². The summed E-state index contributed by atoms with van der Waals surface area (Å²) in [6.07, 6.45) is 1.34. The molecule has 3 rings (SSSR count). The van der Waals surface area contributed by atoms with Gasteiger partial charge in [0.1, 0.15) is 0 Å². The fraction of sp³-hybridized carbons (Fsp3) is 0.250. The molecule has 0 N–H and O–H groups in total. The second kappa shape index (κ2) is 10.7. The van der Waals surface area contributed by atoms with Gasteiger partial charge in [-0.05, 0) is 42.7 Å². The number of aryl methyl sites for hydroxylation is 1. The lowest BCUT2D eigenvalue weighted by Gasteiger charge is -2.21. The molecule has 0 saturated heterocycles. The molecule has 30 heavy (non-hydrogen) atoms. The van der Waals surface area contributed by atoms with Gasteiger partial charge in [-0.2, -0.15) is 0 Å². The predicted octanol–water partition coefficient (Wildman–Crippen LogP) is 5.82. The van der Waals surface area contributed by atoms with Crippen LogP contribution in [0.1, 0.15) is 23.6 Å². The minimum Gasteiger partial charge on any atom is -0.493 e. The number of ether oxygens (including phenoxy) is 2. The van der Waals surface area contributed by atoms with Crippen molar-refractivity contribution in [3.8, 4) is 11.5 Å². The molecule has 0 bridgehead atoms. The fourth-order valence-corrected chi connectivity index (χ4v) is 4.71. The number of benzene rings is 3. The van der Waals surface area contributed by atoms with Crippen molar-refractivity contribution < 1.29 is 14.4 Å². The molecule has 2 atom stereocenters. The number of hydrogen-bond donors (Lipinski definition) is 0. The number of nitrogens with zero attached hydrogens (tertiary/aromatic N) is 1. The van der Waals surface area contributed by atoms with E-state index in [0.29, 0.717) is 24.3 Å². The van der Waals surface area contributed by atoms with E-state index in [1.54, 1.807) is 26.0 Å². The number of rotatable bonds is 10. The van der Waals surface area contributed by atoms with E-state index in [1.165, 1.54) is 0 Å². The Labute approximate surface area is 181 Å². The summed E-state index contributed by atoms with van der Waals surface area (Å²) in [4.78, 5) is 12.9. The quantitative estimate of drug-likeness (QED) is 0.234. The van der Waals surface area contributed by atoms with Crippen LogP contribution in [-0.2, 0) is 6.42 Å². The summed E-state index contributed by atoms with van der Waals surface area (Å²) in [5, 5.41) is 11.9. The Balaban J connectivity index is 1.86. The molecule has 2 unspecified atom stereocenters. The van der Waals surface area contributed by atoms with Crippen molar-refractivity contribution in [3.05, 3.63) is 100 Å². The van der Waals surface area contributed by atoms with E-state index in [0.717, 1.165) is 16.0 Å². The van der Waals surface area contributed by atoms with Crippen LogP contribution in [0.3, 0.4) is 0 Å². The summed E-state index contributed by atoms with van der Waals surface area (Å²) in [5.74, 6) is 1.33. The third-order valence-corrected chi connectivity index (χ3v) is 6.26. The Morgan fingerprint density at radius 1 is 0.900 bits per heavy atom. The van der Waals surface area contributed by atoms with E-state index in [-0.39, 0.29) is 10.2 Å². The van der Waals surface area contributed by atoms with Crippen molar-refractivity contribution in [1.82, 2.24) is 0 Å².